The Bertz CT molecular complexity index is 815. The van der Waals surface area contributed by atoms with Crippen LogP contribution in [0.5, 0.6) is 0 Å². The molecule has 9 heteroatoms. The largest absolute Gasteiger partial charge is 0.462 e. The average Bonchev–Trinajstić information content (AvgIpc) is 2.92. The van der Waals surface area contributed by atoms with Crippen molar-refractivity contribution < 1.29 is 26.4 Å². The number of sulfone groups is 1. The molecule has 140 valence electrons. The van der Waals surface area contributed by atoms with Crippen LogP contribution in [0.4, 0.5) is 0 Å². The van der Waals surface area contributed by atoms with Gasteiger partial charge in [-0.3, -0.25) is 0 Å². The van der Waals surface area contributed by atoms with E-state index in [1.54, 1.807) is 6.92 Å². The molecule has 1 saturated heterocycles. The maximum atomic E-state index is 12.9. The van der Waals surface area contributed by atoms with Crippen molar-refractivity contribution in [1.82, 2.24) is 4.31 Å². The van der Waals surface area contributed by atoms with E-state index < -0.39 is 31.9 Å². The van der Waals surface area contributed by atoms with Crippen molar-refractivity contribution in [1.29, 1.82) is 0 Å². The van der Waals surface area contributed by atoms with E-state index >= 15 is 0 Å². The molecular weight excluding hydrogens is 366 g/mol. The van der Waals surface area contributed by atoms with Crippen LogP contribution in [0, 0.1) is 0 Å². The summed E-state index contributed by atoms with van der Waals surface area (Å²) in [5.74, 6) is -0.652. The highest BCUT2D eigenvalue weighted by Gasteiger charge is 2.38. The van der Waals surface area contributed by atoms with Gasteiger partial charge in [0.1, 0.15) is 0 Å². The standard InChI is InChI=1S/C16H23NO6S2/c1-3-10-17(14-9-11-24(19,20)12-14)25(21,22)15-7-5-13(6-8-15)16(18)23-4-2/h5-8,14H,3-4,9-12H2,1-2H3/t14-/m0/s1. The number of benzene rings is 1. The summed E-state index contributed by atoms with van der Waals surface area (Å²) in [4.78, 5) is 11.7. The topological polar surface area (TPSA) is 97.8 Å². The van der Waals surface area contributed by atoms with Crippen LogP contribution in [0.15, 0.2) is 29.2 Å². The van der Waals surface area contributed by atoms with Gasteiger partial charge in [-0.2, -0.15) is 4.31 Å². The monoisotopic (exact) mass is 389 g/mol. The van der Waals surface area contributed by atoms with Crippen LogP contribution in [-0.4, -0.2) is 57.8 Å². The molecule has 1 aliphatic rings. The first-order valence-electron chi connectivity index (χ1n) is 8.20. The smallest absolute Gasteiger partial charge is 0.338 e. The maximum absolute atomic E-state index is 12.9. The zero-order chi connectivity index (χ0) is 18.7. The van der Waals surface area contributed by atoms with E-state index in [-0.39, 0.29) is 35.1 Å². The molecule has 1 aliphatic heterocycles. The predicted molar refractivity (Wildman–Crippen MR) is 93.6 cm³/mol. The van der Waals surface area contributed by atoms with Gasteiger partial charge in [-0.05, 0) is 44.0 Å². The molecule has 2 rings (SSSR count). The highest BCUT2D eigenvalue weighted by molar-refractivity contribution is 7.92. The molecule has 0 unspecified atom stereocenters. The number of hydrogen-bond donors (Lipinski definition) is 0. The number of nitrogens with zero attached hydrogens (tertiary/aromatic N) is 1. The van der Waals surface area contributed by atoms with E-state index in [2.05, 4.69) is 0 Å². The second-order valence-corrected chi connectivity index (χ2v) is 10.0. The van der Waals surface area contributed by atoms with Gasteiger partial charge in [-0.25, -0.2) is 21.6 Å². The number of sulfonamides is 1. The van der Waals surface area contributed by atoms with E-state index in [0.29, 0.717) is 12.8 Å². The number of ether oxygens (including phenoxy) is 1. The highest BCUT2D eigenvalue weighted by atomic mass is 32.2. The van der Waals surface area contributed by atoms with E-state index in [4.69, 9.17) is 4.74 Å². The summed E-state index contributed by atoms with van der Waals surface area (Å²) < 4.78 is 55.5. The summed E-state index contributed by atoms with van der Waals surface area (Å²) in [5.41, 5.74) is 0.270. The Morgan fingerprint density at radius 2 is 1.88 bits per heavy atom. The summed E-state index contributed by atoms with van der Waals surface area (Å²) >= 11 is 0. The number of hydrogen-bond acceptors (Lipinski definition) is 6. The zero-order valence-corrected chi connectivity index (χ0v) is 16.0. The second-order valence-electron chi connectivity index (χ2n) is 5.92. The highest BCUT2D eigenvalue weighted by Crippen LogP contribution is 2.25. The molecule has 0 bridgehead atoms. The lowest BCUT2D eigenvalue weighted by Crippen LogP contribution is -2.41. The fraction of sp³-hybridized carbons (Fsp3) is 0.562. The normalized spacial score (nSPS) is 19.9. The molecule has 1 aromatic rings. The second kappa shape index (κ2) is 7.84. The molecule has 0 saturated carbocycles. The van der Waals surface area contributed by atoms with Crippen molar-refractivity contribution in [3.8, 4) is 0 Å². The van der Waals surface area contributed by atoms with Gasteiger partial charge >= 0.3 is 5.97 Å². The van der Waals surface area contributed by atoms with E-state index in [9.17, 15) is 21.6 Å². The number of carbonyl (C=O) groups excluding carboxylic acids is 1. The average molecular weight is 389 g/mol. The molecule has 1 atom stereocenters. The lowest BCUT2D eigenvalue weighted by Gasteiger charge is -2.27. The molecule has 0 radical (unpaired) electrons. The summed E-state index contributed by atoms with van der Waals surface area (Å²) in [5, 5.41) is 0. The molecule has 0 N–H and O–H groups in total. The zero-order valence-electron chi connectivity index (χ0n) is 14.3. The maximum Gasteiger partial charge on any atom is 0.338 e. The molecule has 1 fully saturated rings. The van der Waals surface area contributed by atoms with Crippen molar-refractivity contribution in [2.45, 2.75) is 37.6 Å². The van der Waals surface area contributed by atoms with Gasteiger partial charge in [-0.1, -0.05) is 6.92 Å². The molecular formula is C16H23NO6S2. The third-order valence-electron chi connectivity index (χ3n) is 4.03. The van der Waals surface area contributed by atoms with Gasteiger partial charge in [0.15, 0.2) is 9.84 Å². The quantitative estimate of drug-likeness (QED) is 0.655. The number of carbonyl (C=O) groups is 1. The molecule has 0 amide bonds. The van der Waals surface area contributed by atoms with Crippen LogP contribution < -0.4 is 0 Å². The van der Waals surface area contributed by atoms with Crippen molar-refractivity contribution >= 4 is 25.8 Å². The minimum atomic E-state index is -3.83. The minimum Gasteiger partial charge on any atom is -0.462 e. The third-order valence-corrected chi connectivity index (χ3v) is 7.75. The Labute approximate surface area is 148 Å². The predicted octanol–water partition coefficient (Wildman–Crippen LogP) is 1.45. The van der Waals surface area contributed by atoms with Crippen LogP contribution >= 0.6 is 0 Å². The summed E-state index contributed by atoms with van der Waals surface area (Å²) in [6, 6.07) is 4.97. The van der Waals surface area contributed by atoms with Crippen molar-refractivity contribution in [2.24, 2.45) is 0 Å². The van der Waals surface area contributed by atoms with Gasteiger partial charge in [0.25, 0.3) is 0 Å². The first kappa shape index (κ1) is 19.9. The molecule has 0 aliphatic carbocycles. The van der Waals surface area contributed by atoms with Gasteiger partial charge in [-0.15, -0.1) is 0 Å². The Kier molecular flexibility index (Phi) is 6.23. The molecule has 0 aromatic heterocycles. The van der Waals surface area contributed by atoms with Gasteiger partial charge in [0, 0.05) is 12.6 Å². The van der Waals surface area contributed by atoms with Gasteiger partial charge in [0.2, 0.25) is 10.0 Å². The number of esters is 1. The summed E-state index contributed by atoms with van der Waals surface area (Å²) in [7, 11) is -7.03. The summed E-state index contributed by atoms with van der Waals surface area (Å²) in [6.45, 7) is 4.02. The first-order valence-corrected chi connectivity index (χ1v) is 11.5. The molecule has 7 nitrogen and oxygen atoms in total. The van der Waals surface area contributed by atoms with Crippen molar-refractivity contribution in [3.05, 3.63) is 29.8 Å². The Morgan fingerprint density at radius 1 is 1.24 bits per heavy atom. The Balaban J connectivity index is 2.29. The Morgan fingerprint density at radius 3 is 2.36 bits per heavy atom. The third kappa shape index (κ3) is 4.59. The lowest BCUT2D eigenvalue weighted by molar-refractivity contribution is 0.0526. The first-order chi connectivity index (χ1) is 11.7. The molecule has 25 heavy (non-hydrogen) atoms. The van der Waals surface area contributed by atoms with E-state index in [1.165, 1.54) is 28.6 Å². The molecule has 0 spiro atoms. The fourth-order valence-corrected chi connectivity index (χ4v) is 6.41. The van der Waals surface area contributed by atoms with Crippen molar-refractivity contribution in [3.63, 3.8) is 0 Å². The number of rotatable bonds is 7. The molecule has 1 aromatic carbocycles. The minimum absolute atomic E-state index is 0.00912. The molecule has 1 heterocycles. The summed E-state index contributed by atoms with van der Waals surface area (Å²) in [6.07, 6.45) is 0.888. The van der Waals surface area contributed by atoms with Crippen LogP contribution in [0.1, 0.15) is 37.0 Å². The Hall–Kier alpha value is -1.45. The van der Waals surface area contributed by atoms with Crippen molar-refractivity contribution in [2.75, 3.05) is 24.7 Å². The fourth-order valence-electron chi connectivity index (χ4n) is 2.83. The van der Waals surface area contributed by atoms with Crippen LogP contribution in [0.2, 0.25) is 0 Å². The van der Waals surface area contributed by atoms with Crippen LogP contribution in [0.3, 0.4) is 0 Å². The van der Waals surface area contributed by atoms with E-state index in [0.717, 1.165) is 0 Å². The SMILES string of the molecule is CCCN([C@H]1CCS(=O)(=O)C1)S(=O)(=O)c1ccc(C(=O)OCC)cc1. The lowest BCUT2D eigenvalue weighted by atomic mass is 10.2. The van der Waals surface area contributed by atoms with Gasteiger partial charge < -0.3 is 4.74 Å². The van der Waals surface area contributed by atoms with Crippen LogP contribution in [0.25, 0.3) is 0 Å². The van der Waals surface area contributed by atoms with E-state index in [1.807, 2.05) is 6.92 Å². The van der Waals surface area contributed by atoms with Crippen LogP contribution in [-0.2, 0) is 24.6 Å². The van der Waals surface area contributed by atoms with Gasteiger partial charge in [0.05, 0.1) is 28.6 Å².